The number of hydrogen-bond donors (Lipinski definition) is 2. The van der Waals surface area contributed by atoms with E-state index in [9.17, 15) is 9.18 Å². The van der Waals surface area contributed by atoms with E-state index in [1.165, 1.54) is 12.1 Å². The zero-order valence-electron chi connectivity index (χ0n) is 14.5. The number of nitrogens with one attached hydrogen (secondary N) is 1. The summed E-state index contributed by atoms with van der Waals surface area (Å²) in [6, 6.07) is 9.28. The van der Waals surface area contributed by atoms with Crippen LogP contribution >= 0.6 is 0 Å². The van der Waals surface area contributed by atoms with Crippen molar-refractivity contribution >= 4 is 17.5 Å². The summed E-state index contributed by atoms with van der Waals surface area (Å²) < 4.78 is 18.3. The highest BCUT2D eigenvalue weighted by atomic mass is 19.1. The standard InChI is InChI=1S/C19H21FN4O2/c1-26-10-15-13-8-24(9-14(13)15)19(25)23-18-16(21)6-7-17(22-18)11-2-4-12(20)5-3-11/h2-7,13-15H,8-10,21H2,1H3,(H,22,23,25)/t13-,14+,15+. The fourth-order valence-electron chi connectivity index (χ4n) is 3.79. The van der Waals surface area contributed by atoms with Crippen LogP contribution in [-0.2, 0) is 4.74 Å². The quantitative estimate of drug-likeness (QED) is 0.883. The van der Waals surface area contributed by atoms with E-state index in [0.717, 1.165) is 25.3 Å². The van der Waals surface area contributed by atoms with E-state index in [2.05, 4.69) is 10.3 Å². The van der Waals surface area contributed by atoms with Crippen LogP contribution in [0.1, 0.15) is 0 Å². The zero-order valence-corrected chi connectivity index (χ0v) is 14.5. The van der Waals surface area contributed by atoms with Crippen molar-refractivity contribution in [2.75, 3.05) is 37.9 Å². The number of halogens is 1. The van der Waals surface area contributed by atoms with Gasteiger partial charge >= 0.3 is 6.03 Å². The van der Waals surface area contributed by atoms with Crippen molar-refractivity contribution in [3.8, 4) is 11.3 Å². The number of aromatic nitrogens is 1. The Morgan fingerprint density at radius 1 is 1.27 bits per heavy atom. The molecule has 2 aliphatic rings. The van der Waals surface area contributed by atoms with E-state index in [4.69, 9.17) is 10.5 Å². The minimum Gasteiger partial charge on any atom is -0.396 e. The van der Waals surface area contributed by atoms with Crippen LogP contribution in [0.2, 0.25) is 0 Å². The summed E-state index contributed by atoms with van der Waals surface area (Å²) >= 11 is 0. The number of nitrogens with zero attached hydrogens (tertiary/aromatic N) is 2. The Morgan fingerprint density at radius 2 is 1.96 bits per heavy atom. The van der Waals surface area contributed by atoms with E-state index in [-0.39, 0.29) is 11.8 Å². The number of nitrogens with two attached hydrogens (primary N) is 1. The first-order chi connectivity index (χ1) is 12.6. The minimum atomic E-state index is -0.308. The van der Waals surface area contributed by atoms with Gasteiger partial charge in [0, 0.05) is 32.4 Å². The average Bonchev–Trinajstić information content (AvgIpc) is 3.07. The maximum atomic E-state index is 13.1. The van der Waals surface area contributed by atoms with E-state index in [0.29, 0.717) is 35.0 Å². The first kappa shape index (κ1) is 16.8. The minimum absolute atomic E-state index is 0.191. The molecule has 26 heavy (non-hydrogen) atoms. The van der Waals surface area contributed by atoms with Crippen LogP contribution < -0.4 is 11.1 Å². The van der Waals surface area contributed by atoms with Crippen LogP contribution in [0.25, 0.3) is 11.3 Å². The number of pyridine rings is 1. The molecular formula is C19H21FN4O2. The molecule has 0 unspecified atom stereocenters. The number of anilines is 2. The Hall–Kier alpha value is -2.67. The average molecular weight is 356 g/mol. The Bertz CT molecular complexity index is 815. The highest BCUT2D eigenvalue weighted by Gasteiger charge is 2.56. The summed E-state index contributed by atoms with van der Waals surface area (Å²) in [6.07, 6.45) is 0. The number of carbonyl (C=O) groups excluding carboxylic acids is 1. The molecule has 1 aliphatic heterocycles. The molecule has 6 nitrogen and oxygen atoms in total. The monoisotopic (exact) mass is 356 g/mol. The van der Waals surface area contributed by atoms with Gasteiger partial charge in [-0.15, -0.1) is 0 Å². The SMILES string of the molecule is COC[C@@H]1[C@H]2CN(C(=O)Nc3nc(-c4ccc(F)cc4)ccc3N)C[C@@H]12. The molecule has 2 aromatic rings. The topological polar surface area (TPSA) is 80.5 Å². The number of hydrogen-bond acceptors (Lipinski definition) is 4. The molecule has 3 atom stereocenters. The van der Waals surface area contributed by atoms with Crippen molar-refractivity contribution < 1.29 is 13.9 Å². The fourth-order valence-corrected chi connectivity index (χ4v) is 3.79. The summed E-state index contributed by atoms with van der Waals surface area (Å²) in [5.74, 6) is 1.67. The molecule has 0 radical (unpaired) electrons. The molecule has 4 rings (SSSR count). The van der Waals surface area contributed by atoms with Crippen molar-refractivity contribution in [2.45, 2.75) is 0 Å². The third-order valence-corrected chi connectivity index (χ3v) is 5.31. The molecule has 1 saturated heterocycles. The predicted octanol–water partition coefficient (Wildman–Crippen LogP) is 2.83. The second kappa shape index (κ2) is 6.57. The summed E-state index contributed by atoms with van der Waals surface area (Å²) in [4.78, 5) is 18.8. The first-order valence-electron chi connectivity index (χ1n) is 8.64. The third-order valence-electron chi connectivity index (χ3n) is 5.31. The lowest BCUT2D eigenvalue weighted by Gasteiger charge is -2.20. The molecule has 0 spiro atoms. The maximum absolute atomic E-state index is 13.1. The Labute approximate surface area is 151 Å². The normalized spacial score (nSPS) is 23.6. The largest absolute Gasteiger partial charge is 0.396 e. The number of rotatable bonds is 4. The summed E-state index contributed by atoms with van der Waals surface area (Å²) in [5, 5.41) is 2.81. The Balaban J connectivity index is 1.44. The highest BCUT2D eigenvalue weighted by Crippen LogP contribution is 2.51. The van der Waals surface area contributed by atoms with Crippen LogP contribution in [-0.4, -0.2) is 42.7 Å². The van der Waals surface area contributed by atoms with Gasteiger partial charge in [-0.25, -0.2) is 14.2 Å². The molecule has 1 aliphatic carbocycles. The maximum Gasteiger partial charge on any atom is 0.323 e. The Kier molecular flexibility index (Phi) is 4.24. The number of methoxy groups -OCH3 is 1. The van der Waals surface area contributed by atoms with Gasteiger partial charge in [0.2, 0.25) is 0 Å². The molecule has 3 N–H and O–H groups in total. The third kappa shape index (κ3) is 3.10. The zero-order chi connectivity index (χ0) is 18.3. The van der Waals surface area contributed by atoms with Gasteiger partial charge < -0.3 is 15.4 Å². The molecule has 2 amide bonds. The summed E-state index contributed by atoms with van der Waals surface area (Å²) in [6.45, 7) is 2.24. The summed E-state index contributed by atoms with van der Waals surface area (Å²) in [7, 11) is 1.71. The van der Waals surface area contributed by atoms with Gasteiger partial charge in [-0.1, -0.05) is 0 Å². The van der Waals surface area contributed by atoms with E-state index >= 15 is 0 Å². The van der Waals surface area contributed by atoms with Crippen molar-refractivity contribution in [3.05, 3.63) is 42.2 Å². The van der Waals surface area contributed by atoms with Gasteiger partial charge in [-0.2, -0.15) is 0 Å². The molecule has 2 heterocycles. The van der Waals surface area contributed by atoms with Gasteiger partial charge in [0.15, 0.2) is 5.82 Å². The Morgan fingerprint density at radius 3 is 2.62 bits per heavy atom. The van der Waals surface area contributed by atoms with Crippen LogP contribution in [0.15, 0.2) is 36.4 Å². The molecule has 136 valence electrons. The molecule has 1 aromatic carbocycles. The second-order valence-electron chi connectivity index (χ2n) is 6.92. The number of ether oxygens (including phenoxy) is 1. The van der Waals surface area contributed by atoms with Crippen LogP contribution in [0.5, 0.6) is 0 Å². The number of likely N-dealkylation sites (tertiary alicyclic amines) is 1. The number of carbonyl (C=O) groups is 1. The lowest BCUT2D eigenvalue weighted by atomic mass is 10.1. The van der Waals surface area contributed by atoms with Crippen LogP contribution in [0.3, 0.4) is 0 Å². The summed E-state index contributed by atoms with van der Waals surface area (Å²) in [5.41, 5.74) is 7.74. The van der Waals surface area contributed by atoms with Crippen molar-refractivity contribution in [1.29, 1.82) is 0 Å². The van der Waals surface area contributed by atoms with Crippen molar-refractivity contribution in [1.82, 2.24) is 9.88 Å². The number of nitrogen functional groups attached to an aromatic ring is 1. The van der Waals surface area contributed by atoms with Crippen LogP contribution in [0, 0.1) is 23.6 Å². The molecule has 0 bridgehead atoms. The molecule has 1 aromatic heterocycles. The highest BCUT2D eigenvalue weighted by molar-refractivity contribution is 5.92. The first-order valence-corrected chi connectivity index (χ1v) is 8.64. The number of urea groups is 1. The number of fused-ring (bicyclic) bond motifs is 1. The lowest BCUT2D eigenvalue weighted by Crippen LogP contribution is -2.36. The van der Waals surface area contributed by atoms with Crippen molar-refractivity contribution in [2.24, 2.45) is 17.8 Å². The van der Waals surface area contributed by atoms with Gasteiger partial charge in [-0.3, -0.25) is 5.32 Å². The molecule has 7 heteroatoms. The van der Waals surface area contributed by atoms with E-state index in [1.807, 2.05) is 0 Å². The smallest absolute Gasteiger partial charge is 0.323 e. The predicted molar refractivity (Wildman–Crippen MR) is 97.0 cm³/mol. The lowest BCUT2D eigenvalue weighted by molar-refractivity contribution is 0.163. The van der Waals surface area contributed by atoms with E-state index in [1.54, 1.807) is 36.3 Å². The number of benzene rings is 1. The van der Waals surface area contributed by atoms with Gasteiger partial charge in [0.25, 0.3) is 0 Å². The number of amides is 2. The van der Waals surface area contributed by atoms with Gasteiger partial charge in [-0.05, 0) is 54.2 Å². The molecule has 2 fully saturated rings. The molecular weight excluding hydrogens is 335 g/mol. The fraction of sp³-hybridized carbons (Fsp3) is 0.368. The van der Waals surface area contributed by atoms with Gasteiger partial charge in [0.05, 0.1) is 11.4 Å². The van der Waals surface area contributed by atoms with E-state index < -0.39 is 0 Å². The number of piperidine rings is 1. The molecule has 1 saturated carbocycles. The van der Waals surface area contributed by atoms with Crippen molar-refractivity contribution in [3.63, 3.8) is 0 Å². The second-order valence-corrected chi connectivity index (χ2v) is 6.92. The van der Waals surface area contributed by atoms with Gasteiger partial charge in [0.1, 0.15) is 5.82 Å². The van der Waals surface area contributed by atoms with Crippen LogP contribution in [0.4, 0.5) is 20.7 Å².